The molecule has 1 aromatic heterocycles. The topological polar surface area (TPSA) is 95.9 Å². The molecule has 0 spiro atoms. The number of nitrogens with zero attached hydrogens (tertiary/aromatic N) is 1. The lowest BCUT2D eigenvalue weighted by Crippen LogP contribution is -2.24. The van der Waals surface area contributed by atoms with Crippen LogP contribution in [0.3, 0.4) is 0 Å². The van der Waals surface area contributed by atoms with Gasteiger partial charge in [0.25, 0.3) is 0 Å². The molecule has 1 heterocycles. The average molecular weight is 382 g/mol. The van der Waals surface area contributed by atoms with Crippen molar-refractivity contribution >= 4 is 16.0 Å². The number of carbonyl (C=O) groups is 1. The van der Waals surface area contributed by atoms with Crippen LogP contribution in [-0.2, 0) is 28.4 Å². The van der Waals surface area contributed by atoms with Gasteiger partial charge >= 0.3 is 5.97 Å². The van der Waals surface area contributed by atoms with Crippen molar-refractivity contribution in [3.8, 4) is 11.5 Å². The van der Waals surface area contributed by atoms with E-state index < -0.39 is 16.0 Å². The van der Waals surface area contributed by atoms with E-state index in [-0.39, 0.29) is 17.1 Å². The van der Waals surface area contributed by atoms with Crippen molar-refractivity contribution in [1.82, 2.24) is 9.29 Å². The van der Waals surface area contributed by atoms with E-state index in [0.29, 0.717) is 22.8 Å². The number of aromatic nitrogens is 1. The molecule has 0 unspecified atom stereocenters. The summed E-state index contributed by atoms with van der Waals surface area (Å²) in [5.41, 5.74) is 1.21. The maximum Gasteiger partial charge on any atom is 0.354 e. The van der Waals surface area contributed by atoms with E-state index in [2.05, 4.69) is 9.46 Å². The highest BCUT2D eigenvalue weighted by atomic mass is 32.2. The maximum absolute atomic E-state index is 12.7. The van der Waals surface area contributed by atoms with Crippen LogP contribution >= 0.6 is 0 Å². The fourth-order valence-corrected chi connectivity index (χ4v) is 3.81. The quantitative estimate of drug-likeness (QED) is 0.731. The molecule has 9 heteroatoms. The zero-order valence-corrected chi connectivity index (χ0v) is 16.1. The summed E-state index contributed by atoms with van der Waals surface area (Å²) in [6.45, 7) is 1.62. The van der Waals surface area contributed by atoms with Gasteiger partial charge < -0.3 is 18.8 Å². The van der Waals surface area contributed by atoms with Crippen LogP contribution in [0.15, 0.2) is 29.2 Å². The molecule has 0 aliphatic carbocycles. The first-order chi connectivity index (χ1) is 12.2. The van der Waals surface area contributed by atoms with E-state index in [0.717, 1.165) is 0 Å². The fourth-order valence-electron chi connectivity index (χ4n) is 2.51. The third-order valence-electron chi connectivity index (χ3n) is 4.11. The molecule has 0 aliphatic heterocycles. The molecule has 26 heavy (non-hydrogen) atoms. The smallest absolute Gasteiger partial charge is 0.354 e. The Morgan fingerprint density at radius 3 is 2.42 bits per heavy atom. The van der Waals surface area contributed by atoms with E-state index in [1.165, 1.54) is 32.0 Å². The largest absolute Gasteiger partial charge is 0.497 e. The van der Waals surface area contributed by atoms with Gasteiger partial charge in [0, 0.05) is 24.8 Å². The van der Waals surface area contributed by atoms with Crippen LogP contribution in [0.4, 0.5) is 0 Å². The standard InChI is InChI=1S/C17H22N2O6S/c1-11-16(9-14(19(11)2)17(20)25-5)26(21,22)18-10-12-8-13(23-3)6-7-15(12)24-4/h6-9,18H,10H2,1-5H3. The average Bonchev–Trinajstić information content (AvgIpc) is 2.95. The third-order valence-corrected chi connectivity index (χ3v) is 5.63. The van der Waals surface area contributed by atoms with Crippen LogP contribution in [0.1, 0.15) is 21.7 Å². The molecule has 8 nitrogen and oxygen atoms in total. The molecule has 0 amide bonds. The van der Waals surface area contributed by atoms with E-state index in [9.17, 15) is 13.2 Å². The number of nitrogens with one attached hydrogen (secondary N) is 1. The van der Waals surface area contributed by atoms with Gasteiger partial charge in [0.1, 0.15) is 22.1 Å². The predicted octanol–water partition coefficient (Wildman–Crippen LogP) is 1.62. The fraction of sp³-hybridized carbons (Fsp3) is 0.353. The highest BCUT2D eigenvalue weighted by Crippen LogP contribution is 2.25. The van der Waals surface area contributed by atoms with Gasteiger partial charge in [-0.05, 0) is 31.2 Å². The molecule has 1 N–H and O–H groups in total. The molecule has 2 rings (SSSR count). The summed E-state index contributed by atoms with van der Waals surface area (Å²) < 4.78 is 44.5. The molecule has 1 aromatic carbocycles. The van der Waals surface area contributed by atoms with E-state index in [1.807, 2.05) is 0 Å². The number of esters is 1. The minimum atomic E-state index is -3.85. The molecule has 2 aromatic rings. The molecule has 0 saturated carbocycles. The van der Waals surface area contributed by atoms with Gasteiger partial charge in [-0.3, -0.25) is 0 Å². The van der Waals surface area contributed by atoms with Crippen molar-refractivity contribution in [2.45, 2.75) is 18.4 Å². The van der Waals surface area contributed by atoms with Crippen LogP contribution in [-0.4, -0.2) is 40.3 Å². The Kier molecular flexibility index (Phi) is 5.94. The Balaban J connectivity index is 2.32. The van der Waals surface area contributed by atoms with Gasteiger partial charge in [-0.15, -0.1) is 0 Å². The number of sulfonamides is 1. The number of rotatable bonds is 7. The van der Waals surface area contributed by atoms with E-state index in [1.54, 1.807) is 32.2 Å². The molecule has 0 atom stereocenters. The Labute approximate surface area is 152 Å². The third kappa shape index (κ3) is 3.83. The Morgan fingerprint density at radius 1 is 1.15 bits per heavy atom. The van der Waals surface area contributed by atoms with Gasteiger partial charge in [-0.25, -0.2) is 17.9 Å². The number of benzene rings is 1. The summed E-state index contributed by atoms with van der Waals surface area (Å²) in [5, 5.41) is 0. The predicted molar refractivity (Wildman–Crippen MR) is 95.1 cm³/mol. The van der Waals surface area contributed by atoms with Crippen LogP contribution in [0, 0.1) is 6.92 Å². The summed E-state index contributed by atoms with van der Waals surface area (Å²) in [5.74, 6) is 0.518. The number of ether oxygens (including phenoxy) is 3. The summed E-state index contributed by atoms with van der Waals surface area (Å²) >= 11 is 0. The number of carbonyl (C=O) groups excluding carboxylic acids is 1. The molecule has 0 fully saturated rings. The number of hydrogen-bond donors (Lipinski definition) is 1. The zero-order valence-electron chi connectivity index (χ0n) is 15.3. The normalized spacial score (nSPS) is 11.3. The molecule has 142 valence electrons. The van der Waals surface area contributed by atoms with Crippen LogP contribution < -0.4 is 14.2 Å². The molecule has 0 bridgehead atoms. The van der Waals surface area contributed by atoms with Crippen LogP contribution in [0.2, 0.25) is 0 Å². The SMILES string of the molecule is COC(=O)c1cc(S(=O)(=O)NCc2cc(OC)ccc2OC)c(C)n1C. The lowest BCUT2D eigenvalue weighted by molar-refractivity contribution is 0.0589. The second kappa shape index (κ2) is 7.79. The molecule has 0 saturated heterocycles. The minimum absolute atomic E-state index is 0.00456. The highest BCUT2D eigenvalue weighted by Gasteiger charge is 2.24. The van der Waals surface area contributed by atoms with Crippen LogP contribution in [0.5, 0.6) is 11.5 Å². The van der Waals surface area contributed by atoms with Gasteiger partial charge in [0.15, 0.2) is 0 Å². The highest BCUT2D eigenvalue weighted by molar-refractivity contribution is 7.89. The van der Waals surface area contributed by atoms with Crippen molar-refractivity contribution in [3.05, 3.63) is 41.2 Å². The van der Waals surface area contributed by atoms with Gasteiger partial charge in [0.2, 0.25) is 10.0 Å². The summed E-state index contributed by atoms with van der Waals surface area (Å²) in [7, 11) is 2.02. The van der Waals surface area contributed by atoms with Gasteiger partial charge in [0.05, 0.1) is 21.3 Å². The molecule has 0 radical (unpaired) electrons. The van der Waals surface area contributed by atoms with Gasteiger partial charge in [-0.2, -0.15) is 0 Å². The first-order valence-electron chi connectivity index (χ1n) is 7.70. The maximum atomic E-state index is 12.7. The second-order valence-electron chi connectivity index (χ2n) is 5.53. The van der Waals surface area contributed by atoms with Crippen molar-refractivity contribution in [2.75, 3.05) is 21.3 Å². The molecular weight excluding hydrogens is 360 g/mol. The van der Waals surface area contributed by atoms with Crippen molar-refractivity contribution < 1.29 is 27.4 Å². The second-order valence-corrected chi connectivity index (χ2v) is 7.27. The minimum Gasteiger partial charge on any atom is -0.497 e. The lowest BCUT2D eigenvalue weighted by Gasteiger charge is -2.12. The summed E-state index contributed by atoms with van der Waals surface area (Å²) in [6.07, 6.45) is 0. The number of methoxy groups -OCH3 is 3. The van der Waals surface area contributed by atoms with E-state index in [4.69, 9.17) is 9.47 Å². The number of hydrogen-bond acceptors (Lipinski definition) is 6. The van der Waals surface area contributed by atoms with Crippen molar-refractivity contribution in [2.24, 2.45) is 7.05 Å². The lowest BCUT2D eigenvalue weighted by atomic mass is 10.2. The zero-order chi connectivity index (χ0) is 19.5. The van der Waals surface area contributed by atoms with Gasteiger partial charge in [-0.1, -0.05) is 0 Å². The van der Waals surface area contributed by atoms with Crippen molar-refractivity contribution in [1.29, 1.82) is 0 Å². The monoisotopic (exact) mass is 382 g/mol. The Hall–Kier alpha value is -2.52. The van der Waals surface area contributed by atoms with Crippen LogP contribution in [0.25, 0.3) is 0 Å². The Bertz CT molecular complexity index is 918. The summed E-state index contributed by atoms with van der Waals surface area (Å²) in [4.78, 5) is 11.8. The Morgan fingerprint density at radius 2 is 1.85 bits per heavy atom. The first kappa shape index (κ1) is 19.8. The molecular formula is C17H22N2O6S. The van der Waals surface area contributed by atoms with E-state index >= 15 is 0 Å². The molecule has 0 aliphatic rings. The first-order valence-corrected chi connectivity index (χ1v) is 9.18. The summed E-state index contributed by atoms with van der Waals surface area (Å²) in [6, 6.07) is 6.41. The van der Waals surface area contributed by atoms with Crippen molar-refractivity contribution in [3.63, 3.8) is 0 Å².